The molecule has 11 atom stereocenters. The van der Waals surface area contributed by atoms with Gasteiger partial charge in [-0.25, -0.2) is 0 Å². The zero-order valence-corrected chi connectivity index (χ0v) is 47.8. The highest BCUT2D eigenvalue weighted by Gasteiger charge is 2.47. The van der Waals surface area contributed by atoms with E-state index in [1.807, 2.05) is 0 Å². The molecule has 2 heterocycles. The van der Waals surface area contributed by atoms with Crippen LogP contribution < -0.4 is 0 Å². The summed E-state index contributed by atoms with van der Waals surface area (Å²) in [4.78, 5) is 13.1. The first-order valence-electron chi connectivity index (χ1n) is 29.4. The molecule has 0 spiro atoms. The number of carbonyl (C=O) groups excluding carboxylic acids is 1. The molecule has 14 heteroatoms. The first-order chi connectivity index (χ1) is 38.6. The molecule has 7 N–H and O–H groups in total. The zero-order chi connectivity index (χ0) is 57.2. The lowest BCUT2D eigenvalue weighted by molar-refractivity contribution is -0.332. The summed E-state index contributed by atoms with van der Waals surface area (Å²) < 4.78 is 34.3. The van der Waals surface area contributed by atoms with Crippen molar-refractivity contribution >= 4 is 5.97 Å². The molecular weight excluding hydrogens is 1000 g/mol. The van der Waals surface area contributed by atoms with Gasteiger partial charge in [-0.15, -0.1) is 0 Å². The summed E-state index contributed by atoms with van der Waals surface area (Å²) >= 11 is 0. The number of carbonyl (C=O) groups is 1. The van der Waals surface area contributed by atoms with Crippen LogP contribution in [0.5, 0.6) is 0 Å². The lowest BCUT2D eigenvalue weighted by atomic mass is 9.98. The second kappa shape index (κ2) is 49.7. The molecule has 0 amide bonds. The highest BCUT2D eigenvalue weighted by atomic mass is 16.7. The van der Waals surface area contributed by atoms with Gasteiger partial charge in [0.1, 0.15) is 54.9 Å². The predicted molar refractivity (Wildman–Crippen MR) is 316 cm³/mol. The standard InChI is InChI=1S/C65H102O14/c1-3-5-7-9-11-13-15-17-19-21-23-25-26-27-29-31-33-35-37-39-41-43-45-47-49-74-51-54(52-75-64-63(73)61(71)59(69)56(79-64)53-76-65-62(72)60(70)58(68)55(50-66)78-65)77-57(67)48-46-44-42-40-38-36-34-32-30-28-24-22-20-18-16-14-12-10-8-6-4-2/h5-8,11-14,17-20,23-25,27-29,32-35,39,41,54-56,58-66,68-73H,3-4,9-10,15-16,21-22,26,30-31,36-38,40,42-53H2,1-2H3/b7-5-,8-6-,13-11-,14-12-,19-17-,20-18-,25-23-,28-24-,29-27-,34-32-,35-33-,41-39-. The van der Waals surface area contributed by atoms with Gasteiger partial charge in [0.05, 0.1) is 26.4 Å². The Morgan fingerprint density at radius 1 is 0.418 bits per heavy atom. The average Bonchev–Trinajstić information content (AvgIpc) is 3.46. The molecule has 14 nitrogen and oxygen atoms in total. The second-order valence-corrected chi connectivity index (χ2v) is 19.7. The van der Waals surface area contributed by atoms with Crippen LogP contribution in [0.3, 0.4) is 0 Å². The van der Waals surface area contributed by atoms with Crippen LogP contribution in [0.25, 0.3) is 0 Å². The highest BCUT2D eigenvalue weighted by molar-refractivity contribution is 5.69. The van der Waals surface area contributed by atoms with Crippen LogP contribution in [0.4, 0.5) is 0 Å². The maximum atomic E-state index is 13.1. The van der Waals surface area contributed by atoms with Crippen molar-refractivity contribution in [2.45, 2.75) is 223 Å². The summed E-state index contributed by atoms with van der Waals surface area (Å²) in [7, 11) is 0. The Morgan fingerprint density at radius 2 is 0.785 bits per heavy atom. The van der Waals surface area contributed by atoms with Crippen molar-refractivity contribution in [3.8, 4) is 0 Å². The monoisotopic (exact) mass is 1110 g/mol. The molecule has 0 radical (unpaired) electrons. The Morgan fingerprint density at radius 3 is 1.23 bits per heavy atom. The number of unbranched alkanes of at least 4 members (excludes halogenated alkanes) is 7. The lowest BCUT2D eigenvalue weighted by Gasteiger charge is -2.42. The molecule has 11 unspecified atom stereocenters. The van der Waals surface area contributed by atoms with Gasteiger partial charge in [-0.3, -0.25) is 4.79 Å². The van der Waals surface area contributed by atoms with Gasteiger partial charge >= 0.3 is 5.97 Å². The van der Waals surface area contributed by atoms with Crippen molar-refractivity contribution < 1.29 is 69.0 Å². The van der Waals surface area contributed by atoms with E-state index in [4.69, 9.17) is 28.4 Å². The van der Waals surface area contributed by atoms with E-state index in [9.17, 15) is 40.5 Å². The van der Waals surface area contributed by atoms with E-state index in [2.05, 4.69) is 160 Å². The van der Waals surface area contributed by atoms with Crippen LogP contribution >= 0.6 is 0 Å². The fourth-order valence-electron chi connectivity index (χ4n) is 8.17. The number of hydrogen-bond donors (Lipinski definition) is 7. The smallest absolute Gasteiger partial charge is 0.306 e. The minimum Gasteiger partial charge on any atom is -0.457 e. The Labute approximate surface area is 474 Å². The number of allylic oxidation sites excluding steroid dienone is 24. The third-order valence-electron chi connectivity index (χ3n) is 12.8. The fraction of sp³-hybridized carbons (Fsp3) is 0.615. The van der Waals surface area contributed by atoms with E-state index in [-0.39, 0.29) is 19.6 Å². The number of rotatable bonds is 45. The van der Waals surface area contributed by atoms with Gasteiger partial charge in [0.2, 0.25) is 0 Å². The van der Waals surface area contributed by atoms with Crippen LogP contribution in [-0.4, -0.2) is 142 Å². The summed E-state index contributed by atoms with van der Waals surface area (Å²) in [5.41, 5.74) is 0. The molecule has 2 aliphatic heterocycles. The molecule has 2 rings (SSSR count). The Balaban J connectivity index is 1.76. The Bertz CT molecular complexity index is 1860. The summed E-state index contributed by atoms with van der Waals surface area (Å²) in [5.74, 6) is -0.417. The number of hydrogen-bond acceptors (Lipinski definition) is 14. The van der Waals surface area contributed by atoms with Crippen LogP contribution in [0, 0.1) is 0 Å². The van der Waals surface area contributed by atoms with Crippen LogP contribution in [0.2, 0.25) is 0 Å². The summed E-state index contributed by atoms with van der Waals surface area (Å²) in [5, 5.41) is 72.4. The first-order valence-corrected chi connectivity index (χ1v) is 29.4. The van der Waals surface area contributed by atoms with Gasteiger partial charge in [-0.1, -0.05) is 179 Å². The number of ether oxygens (including phenoxy) is 6. The minimum atomic E-state index is -1.73. The number of aliphatic hydroxyl groups excluding tert-OH is 7. The Kier molecular flexibility index (Phi) is 44.6. The molecule has 2 fully saturated rings. The molecule has 2 aliphatic rings. The van der Waals surface area contributed by atoms with Crippen molar-refractivity contribution in [3.05, 3.63) is 146 Å². The quantitative estimate of drug-likeness (QED) is 0.0172. The summed E-state index contributed by atoms with van der Waals surface area (Å²) in [6.45, 7) is 3.28. The third kappa shape index (κ3) is 36.1. The SMILES string of the molecule is CC/C=C\C/C=C\C/C=C\C/C=C\C/C=C\C/C=C\C/C=C\CCCCOCC(COC1OC(COC2OC(CO)C(O)C(O)C2O)C(O)C(O)C1O)OC(=O)CCCCCCC/C=C\C/C=C\C/C=C\C/C=C\C/C=C\CC. The van der Waals surface area contributed by atoms with Crippen molar-refractivity contribution in [1.82, 2.24) is 0 Å². The molecule has 0 aromatic rings. The predicted octanol–water partition coefficient (Wildman–Crippen LogP) is 10.9. The molecule has 0 bridgehead atoms. The lowest BCUT2D eigenvalue weighted by Crippen LogP contribution is -2.61. The summed E-state index contributed by atoms with van der Waals surface area (Å²) in [6, 6.07) is 0. The van der Waals surface area contributed by atoms with E-state index in [0.717, 1.165) is 128 Å². The van der Waals surface area contributed by atoms with Gasteiger partial charge < -0.3 is 64.2 Å². The van der Waals surface area contributed by atoms with Crippen LogP contribution in [-0.2, 0) is 33.2 Å². The normalized spacial score (nSPS) is 25.1. The molecule has 0 aromatic carbocycles. The average molecular weight is 1110 g/mol. The molecule has 0 saturated carbocycles. The fourth-order valence-corrected chi connectivity index (χ4v) is 8.17. The molecule has 446 valence electrons. The molecule has 0 aromatic heterocycles. The third-order valence-corrected chi connectivity index (χ3v) is 12.8. The summed E-state index contributed by atoms with van der Waals surface area (Å²) in [6.07, 6.45) is 56.2. The van der Waals surface area contributed by atoms with E-state index >= 15 is 0 Å². The van der Waals surface area contributed by atoms with E-state index in [1.165, 1.54) is 0 Å². The maximum absolute atomic E-state index is 13.1. The van der Waals surface area contributed by atoms with Crippen molar-refractivity contribution in [3.63, 3.8) is 0 Å². The highest BCUT2D eigenvalue weighted by Crippen LogP contribution is 2.26. The number of aliphatic hydroxyl groups is 7. The van der Waals surface area contributed by atoms with Gasteiger partial charge in [-0.2, -0.15) is 0 Å². The van der Waals surface area contributed by atoms with E-state index in [1.54, 1.807) is 0 Å². The van der Waals surface area contributed by atoms with Crippen molar-refractivity contribution in [2.24, 2.45) is 0 Å². The van der Waals surface area contributed by atoms with Gasteiger partial charge in [0, 0.05) is 13.0 Å². The molecule has 2 saturated heterocycles. The van der Waals surface area contributed by atoms with E-state index in [0.29, 0.717) is 13.0 Å². The van der Waals surface area contributed by atoms with Crippen LogP contribution in [0.15, 0.2) is 146 Å². The van der Waals surface area contributed by atoms with Gasteiger partial charge in [0.25, 0.3) is 0 Å². The molecule has 0 aliphatic carbocycles. The maximum Gasteiger partial charge on any atom is 0.306 e. The topological polar surface area (TPSA) is 214 Å². The van der Waals surface area contributed by atoms with Crippen molar-refractivity contribution in [1.29, 1.82) is 0 Å². The molecule has 79 heavy (non-hydrogen) atoms. The molecular formula is C65H102O14. The number of esters is 1. The van der Waals surface area contributed by atoms with E-state index < -0.39 is 86.7 Å². The minimum absolute atomic E-state index is 0.0116. The van der Waals surface area contributed by atoms with Crippen molar-refractivity contribution in [2.75, 3.05) is 33.0 Å². The zero-order valence-electron chi connectivity index (χ0n) is 47.8. The van der Waals surface area contributed by atoms with Gasteiger partial charge in [0.15, 0.2) is 12.6 Å². The largest absolute Gasteiger partial charge is 0.457 e. The first kappa shape index (κ1) is 71.0. The second-order valence-electron chi connectivity index (χ2n) is 19.7. The van der Waals surface area contributed by atoms with Crippen LogP contribution in [0.1, 0.15) is 155 Å². The Hall–Kier alpha value is -4.13. The van der Waals surface area contributed by atoms with Gasteiger partial charge in [-0.05, 0) is 116 Å².